The summed E-state index contributed by atoms with van der Waals surface area (Å²) in [5, 5.41) is 3.94. The van der Waals surface area contributed by atoms with Crippen LogP contribution in [-0.2, 0) is 6.61 Å². The molecule has 1 amide bonds. The summed E-state index contributed by atoms with van der Waals surface area (Å²) in [6.45, 7) is 3.92. The number of oxazole rings is 1. The van der Waals surface area contributed by atoms with Crippen molar-refractivity contribution in [1.29, 1.82) is 0 Å². The lowest BCUT2D eigenvalue weighted by molar-refractivity contribution is 0.0945. The summed E-state index contributed by atoms with van der Waals surface area (Å²) in [5.41, 5.74) is 1.20. The van der Waals surface area contributed by atoms with Gasteiger partial charge < -0.3 is 19.4 Å². The molecule has 1 N–H and O–H groups in total. The number of hydrogen-bond acceptors (Lipinski definition) is 7. The predicted molar refractivity (Wildman–Crippen MR) is 108 cm³/mol. The maximum atomic E-state index is 12.2. The minimum absolute atomic E-state index is 0.161. The second-order valence-electron chi connectivity index (χ2n) is 7.10. The fourth-order valence-corrected chi connectivity index (χ4v) is 4.33. The first-order valence-electron chi connectivity index (χ1n) is 9.51. The van der Waals surface area contributed by atoms with Crippen LogP contribution in [0.2, 0.25) is 0 Å². The fraction of sp³-hybridized carbons (Fsp3) is 0.450. The van der Waals surface area contributed by atoms with E-state index in [2.05, 4.69) is 27.2 Å². The Morgan fingerprint density at radius 3 is 3.14 bits per heavy atom. The number of carbonyl (C=O) groups is 1. The highest BCUT2D eigenvalue weighted by Gasteiger charge is 2.21. The number of likely N-dealkylation sites (tertiary alicyclic amines) is 1. The monoisotopic (exact) mass is 400 g/mol. The SMILES string of the molecule is Cc1nc2cc(OCc3nc(C(=O)NCC[C@@H]4CCCN4C)co3)ccc2s1. The zero-order valence-corrected chi connectivity index (χ0v) is 16.9. The number of fused-ring (bicyclic) bond motifs is 1. The summed E-state index contributed by atoms with van der Waals surface area (Å²) >= 11 is 1.65. The van der Waals surface area contributed by atoms with Crippen molar-refractivity contribution < 1.29 is 13.9 Å². The molecule has 0 aliphatic carbocycles. The average Bonchev–Trinajstić information content (AvgIpc) is 3.39. The van der Waals surface area contributed by atoms with Gasteiger partial charge in [0.15, 0.2) is 12.3 Å². The molecule has 2 aromatic heterocycles. The molecule has 148 valence electrons. The fourth-order valence-electron chi connectivity index (χ4n) is 3.53. The van der Waals surface area contributed by atoms with Crippen molar-refractivity contribution in [2.75, 3.05) is 20.1 Å². The van der Waals surface area contributed by atoms with Gasteiger partial charge in [-0.3, -0.25) is 4.79 Å². The number of aryl methyl sites for hydroxylation is 1. The van der Waals surface area contributed by atoms with Gasteiger partial charge in [0.05, 0.1) is 15.2 Å². The van der Waals surface area contributed by atoms with Gasteiger partial charge in [-0.2, -0.15) is 0 Å². The van der Waals surface area contributed by atoms with Gasteiger partial charge in [0.2, 0.25) is 5.89 Å². The minimum atomic E-state index is -0.213. The van der Waals surface area contributed by atoms with Gasteiger partial charge in [-0.05, 0) is 51.9 Å². The summed E-state index contributed by atoms with van der Waals surface area (Å²) in [5.74, 6) is 0.855. The van der Waals surface area contributed by atoms with Crippen molar-refractivity contribution in [3.05, 3.63) is 41.1 Å². The molecule has 1 aliphatic rings. The van der Waals surface area contributed by atoms with Crippen LogP contribution in [0, 0.1) is 6.92 Å². The average molecular weight is 401 g/mol. The Kier molecular flexibility index (Phi) is 5.59. The lowest BCUT2D eigenvalue weighted by Gasteiger charge is -2.18. The molecule has 7 nitrogen and oxygen atoms in total. The third-order valence-electron chi connectivity index (χ3n) is 5.05. The van der Waals surface area contributed by atoms with Crippen LogP contribution < -0.4 is 10.1 Å². The third kappa shape index (κ3) is 4.34. The maximum absolute atomic E-state index is 12.2. The predicted octanol–water partition coefficient (Wildman–Crippen LogP) is 3.39. The molecule has 0 radical (unpaired) electrons. The second-order valence-corrected chi connectivity index (χ2v) is 8.33. The Balaban J connectivity index is 1.27. The van der Waals surface area contributed by atoms with Gasteiger partial charge in [-0.25, -0.2) is 9.97 Å². The zero-order chi connectivity index (χ0) is 19.5. The lowest BCUT2D eigenvalue weighted by atomic mass is 10.1. The van der Waals surface area contributed by atoms with Gasteiger partial charge >= 0.3 is 0 Å². The largest absolute Gasteiger partial charge is 0.484 e. The summed E-state index contributed by atoms with van der Waals surface area (Å²) in [7, 11) is 2.14. The number of benzene rings is 1. The molecule has 1 aliphatic heterocycles. The van der Waals surface area contributed by atoms with Crippen LogP contribution in [0.15, 0.2) is 28.9 Å². The quantitative estimate of drug-likeness (QED) is 0.655. The molecule has 1 atom stereocenters. The first kappa shape index (κ1) is 18.9. The van der Waals surface area contributed by atoms with Gasteiger partial charge in [-0.15, -0.1) is 11.3 Å². The highest BCUT2D eigenvalue weighted by molar-refractivity contribution is 7.18. The Bertz CT molecular complexity index is 967. The van der Waals surface area contributed by atoms with Crippen LogP contribution in [-0.4, -0.2) is 47.0 Å². The van der Waals surface area contributed by atoms with E-state index in [1.807, 2.05) is 25.1 Å². The maximum Gasteiger partial charge on any atom is 0.273 e. The molecule has 1 saturated heterocycles. The van der Waals surface area contributed by atoms with E-state index in [9.17, 15) is 4.79 Å². The Labute approximate surface area is 167 Å². The van der Waals surface area contributed by atoms with Crippen molar-refractivity contribution in [1.82, 2.24) is 20.2 Å². The van der Waals surface area contributed by atoms with Crippen LogP contribution >= 0.6 is 11.3 Å². The minimum Gasteiger partial charge on any atom is -0.484 e. The van der Waals surface area contributed by atoms with E-state index in [0.717, 1.165) is 28.2 Å². The molecule has 0 bridgehead atoms. The van der Waals surface area contributed by atoms with Gasteiger partial charge in [0.1, 0.15) is 12.0 Å². The topological polar surface area (TPSA) is 80.5 Å². The van der Waals surface area contributed by atoms with E-state index in [-0.39, 0.29) is 18.2 Å². The van der Waals surface area contributed by atoms with Crippen molar-refractivity contribution in [2.24, 2.45) is 0 Å². The molecule has 3 heterocycles. The number of hydrogen-bond donors (Lipinski definition) is 1. The zero-order valence-electron chi connectivity index (χ0n) is 16.1. The van der Waals surface area contributed by atoms with Crippen molar-refractivity contribution in [3.8, 4) is 5.75 Å². The number of rotatable bonds is 7. The van der Waals surface area contributed by atoms with Crippen molar-refractivity contribution in [2.45, 2.75) is 38.8 Å². The smallest absolute Gasteiger partial charge is 0.273 e. The molecular weight excluding hydrogens is 376 g/mol. The van der Waals surface area contributed by atoms with Crippen LogP contribution in [0.4, 0.5) is 0 Å². The summed E-state index contributed by atoms with van der Waals surface area (Å²) in [6, 6.07) is 6.35. The van der Waals surface area contributed by atoms with Crippen molar-refractivity contribution in [3.63, 3.8) is 0 Å². The van der Waals surface area contributed by atoms with Crippen LogP contribution in [0.25, 0.3) is 10.2 Å². The lowest BCUT2D eigenvalue weighted by Crippen LogP contribution is -2.31. The van der Waals surface area contributed by atoms with E-state index < -0.39 is 0 Å². The number of aromatic nitrogens is 2. The van der Waals surface area contributed by atoms with E-state index in [1.54, 1.807) is 11.3 Å². The molecule has 28 heavy (non-hydrogen) atoms. The van der Waals surface area contributed by atoms with E-state index in [4.69, 9.17) is 9.15 Å². The normalized spacial score (nSPS) is 17.3. The number of ether oxygens (including phenoxy) is 1. The Morgan fingerprint density at radius 2 is 2.32 bits per heavy atom. The highest BCUT2D eigenvalue weighted by atomic mass is 32.1. The van der Waals surface area contributed by atoms with Crippen LogP contribution in [0.5, 0.6) is 5.75 Å². The van der Waals surface area contributed by atoms with E-state index >= 15 is 0 Å². The number of amides is 1. The molecule has 0 unspecified atom stereocenters. The van der Waals surface area contributed by atoms with E-state index in [1.165, 1.54) is 19.1 Å². The first-order valence-corrected chi connectivity index (χ1v) is 10.3. The molecular formula is C20H24N4O3S. The summed E-state index contributed by atoms with van der Waals surface area (Å²) in [6.07, 6.45) is 4.76. The van der Waals surface area contributed by atoms with Crippen molar-refractivity contribution >= 4 is 27.5 Å². The van der Waals surface area contributed by atoms with E-state index in [0.29, 0.717) is 24.2 Å². The summed E-state index contributed by atoms with van der Waals surface area (Å²) in [4.78, 5) is 23.3. The Morgan fingerprint density at radius 1 is 1.43 bits per heavy atom. The standard InChI is InChI=1S/C20H24N4O3S/c1-13-22-16-10-15(5-6-18(16)28-13)26-12-19-23-17(11-27-19)20(25)21-8-7-14-4-3-9-24(14)2/h5-6,10-11,14H,3-4,7-9,12H2,1-2H3,(H,21,25)/t14-/m0/s1. The highest BCUT2D eigenvalue weighted by Crippen LogP contribution is 2.26. The number of nitrogens with zero attached hydrogens (tertiary/aromatic N) is 3. The number of nitrogens with one attached hydrogen (secondary N) is 1. The number of carbonyl (C=O) groups excluding carboxylic acids is 1. The van der Waals surface area contributed by atoms with Gasteiger partial charge in [-0.1, -0.05) is 0 Å². The molecule has 1 aromatic carbocycles. The van der Waals surface area contributed by atoms with Crippen LogP contribution in [0.1, 0.15) is 40.6 Å². The van der Waals surface area contributed by atoms with Gasteiger partial charge in [0.25, 0.3) is 5.91 Å². The first-order chi connectivity index (χ1) is 13.6. The molecule has 8 heteroatoms. The Hall–Kier alpha value is -2.45. The molecule has 0 saturated carbocycles. The molecule has 1 fully saturated rings. The molecule has 0 spiro atoms. The van der Waals surface area contributed by atoms with Gasteiger partial charge in [0, 0.05) is 18.7 Å². The molecule has 3 aromatic rings. The second kappa shape index (κ2) is 8.28. The number of thiazole rings is 1. The molecule has 4 rings (SSSR count). The summed E-state index contributed by atoms with van der Waals surface area (Å²) < 4.78 is 12.2. The van der Waals surface area contributed by atoms with Crippen LogP contribution in [0.3, 0.4) is 0 Å². The third-order valence-corrected chi connectivity index (χ3v) is 6.00.